The van der Waals surface area contributed by atoms with Gasteiger partial charge in [0.2, 0.25) is 0 Å². The van der Waals surface area contributed by atoms with Crippen LogP contribution in [-0.2, 0) is 0 Å². The molecule has 2 rings (SSSR count). The van der Waals surface area contributed by atoms with Gasteiger partial charge in [0.1, 0.15) is 17.6 Å². The Hall–Kier alpha value is -2.12. The van der Waals surface area contributed by atoms with Gasteiger partial charge in [-0.2, -0.15) is 13.2 Å². The summed E-state index contributed by atoms with van der Waals surface area (Å²) in [4.78, 5) is 4.15. The van der Waals surface area contributed by atoms with Crippen LogP contribution in [0.5, 0.6) is 11.5 Å². The molecule has 2 N–H and O–H groups in total. The van der Waals surface area contributed by atoms with Gasteiger partial charge in [0, 0.05) is 13.1 Å². The topological polar surface area (TPSA) is 54.9 Å². The van der Waals surface area contributed by atoms with Crippen molar-refractivity contribution in [1.29, 1.82) is 0 Å². The first kappa shape index (κ1) is 21.2. The molecule has 1 fully saturated rings. The van der Waals surface area contributed by atoms with Gasteiger partial charge in [0.05, 0.1) is 19.6 Å². The van der Waals surface area contributed by atoms with E-state index in [1.165, 1.54) is 0 Å². The lowest BCUT2D eigenvalue weighted by Gasteiger charge is -2.31. The summed E-state index contributed by atoms with van der Waals surface area (Å²) < 4.78 is 49.2. The van der Waals surface area contributed by atoms with Gasteiger partial charge in [-0.3, -0.25) is 4.99 Å². The zero-order valence-corrected chi connectivity index (χ0v) is 16.0. The maximum atomic E-state index is 12.8. The van der Waals surface area contributed by atoms with Gasteiger partial charge in [0.15, 0.2) is 5.96 Å². The number of ether oxygens (including phenoxy) is 2. The van der Waals surface area contributed by atoms with E-state index in [2.05, 4.69) is 15.6 Å². The monoisotopic (exact) mass is 387 g/mol. The van der Waals surface area contributed by atoms with E-state index in [0.29, 0.717) is 25.3 Å². The summed E-state index contributed by atoms with van der Waals surface area (Å²) in [5.41, 5.74) is 0. The number of hydrogen-bond donors (Lipinski definition) is 2. The van der Waals surface area contributed by atoms with Crippen LogP contribution < -0.4 is 20.1 Å². The number of alkyl halides is 3. The van der Waals surface area contributed by atoms with Gasteiger partial charge < -0.3 is 20.1 Å². The highest BCUT2D eigenvalue weighted by atomic mass is 19.4. The van der Waals surface area contributed by atoms with Crippen molar-refractivity contribution < 1.29 is 22.6 Å². The first-order valence-electron chi connectivity index (χ1n) is 9.16. The molecular formula is C19H28F3N3O2. The molecule has 0 spiro atoms. The van der Waals surface area contributed by atoms with E-state index in [4.69, 9.17) is 9.47 Å². The molecule has 27 heavy (non-hydrogen) atoms. The Morgan fingerprint density at radius 1 is 1.15 bits per heavy atom. The smallest absolute Gasteiger partial charge is 0.391 e. The Morgan fingerprint density at radius 2 is 1.74 bits per heavy atom. The highest BCUT2D eigenvalue weighted by Gasteiger charge is 2.41. The molecule has 1 aliphatic rings. The summed E-state index contributed by atoms with van der Waals surface area (Å²) in [7, 11) is 3.25. The second kappa shape index (κ2) is 9.71. The van der Waals surface area contributed by atoms with Crippen molar-refractivity contribution in [1.82, 2.24) is 10.6 Å². The van der Waals surface area contributed by atoms with E-state index in [9.17, 15) is 13.2 Å². The minimum atomic E-state index is -4.08. The van der Waals surface area contributed by atoms with Gasteiger partial charge in [-0.05, 0) is 56.9 Å². The number of guanidine groups is 1. The van der Waals surface area contributed by atoms with E-state index in [1.54, 1.807) is 14.2 Å². The fourth-order valence-electron chi connectivity index (χ4n) is 3.12. The van der Waals surface area contributed by atoms with Crippen molar-refractivity contribution in [3.63, 3.8) is 0 Å². The average Bonchev–Trinajstić information content (AvgIpc) is 2.65. The zero-order chi connectivity index (χ0) is 19.9. The molecule has 0 heterocycles. The molecule has 152 valence electrons. The number of halogens is 3. The molecule has 1 unspecified atom stereocenters. The normalized spacial score (nSPS) is 22.1. The maximum Gasteiger partial charge on any atom is 0.391 e. The van der Waals surface area contributed by atoms with Crippen LogP contribution in [0.1, 0.15) is 32.6 Å². The molecule has 0 amide bonds. The van der Waals surface area contributed by atoms with Crippen molar-refractivity contribution in [2.24, 2.45) is 10.9 Å². The van der Waals surface area contributed by atoms with Gasteiger partial charge in [-0.15, -0.1) is 0 Å². The molecule has 5 nitrogen and oxygen atoms in total. The Bertz CT molecular complexity index is 597. The predicted molar refractivity (Wildman–Crippen MR) is 99.4 cm³/mol. The van der Waals surface area contributed by atoms with Crippen molar-refractivity contribution in [3.8, 4) is 11.5 Å². The summed E-state index contributed by atoms with van der Waals surface area (Å²) in [5.74, 6) is 0.899. The Balaban J connectivity index is 1.73. The number of aliphatic imine (C=N–C) groups is 1. The molecule has 0 aromatic heterocycles. The fraction of sp³-hybridized carbons (Fsp3) is 0.632. The summed E-state index contributed by atoms with van der Waals surface area (Å²) in [5, 5.41) is 6.38. The van der Waals surface area contributed by atoms with Crippen molar-refractivity contribution in [2.45, 2.75) is 50.9 Å². The molecule has 0 saturated heterocycles. The van der Waals surface area contributed by atoms with Crippen molar-refractivity contribution >= 4 is 5.96 Å². The number of hydrogen-bond acceptors (Lipinski definition) is 3. The van der Waals surface area contributed by atoms with Crippen LogP contribution in [0.25, 0.3) is 0 Å². The Morgan fingerprint density at radius 3 is 2.26 bits per heavy atom. The van der Waals surface area contributed by atoms with E-state index in [0.717, 1.165) is 11.5 Å². The third-order valence-electron chi connectivity index (χ3n) is 4.71. The second-order valence-corrected chi connectivity index (χ2v) is 6.79. The Labute approximate surface area is 158 Å². The van der Waals surface area contributed by atoms with Crippen molar-refractivity contribution in [3.05, 3.63) is 24.3 Å². The number of rotatable bonds is 6. The minimum Gasteiger partial charge on any atom is -0.497 e. The van der Waals surface area contributed by atoms with Crippen LogP contribution in [-0.4, -0.2) is 45.0 Å². The molecule has 1 aliphatic carbocycles. The Kier molecular flexibility index (Phi) is 7.62. The number of nitrogens with one attached hydrogen (secondary N) is 2. The van der Waals surface area contributed by atoms with Gasteiger partial charge in [-0.1, -0.05) is 0 Å². The van der Waals surface area contributed by atoms with Crippen LogP contribution >= 0.6 is 0 Å². The average molecular weight is 387 g/mol. The van der Waals surface area contributed by atoms with Crippen LogP contribution in [0.2, 0.25) is 0 Å². The first-order valence-corrected chi connectivity index (χ1v) is 9.16. The zero-order valence-electron chi connectivity index (χ0n) is 16.0. The quantitative estimate of drug-likeness (QED) is 0.577. The lowest BCUT2D eigenvalue weighted by Crippen LogP contribution is -2.47. The summed E-state index contributed by atoms with van der Waals surface area (Å²) in [6.45, 7) is 2.45. The van der Waals surface area contributed by atoms with Gasteiger partial charge in [0.25, 0.3) is 0 Å². The minimum absolute atomic E-state index is 0.00705. The highest BCUT2D eigenvalue weighted by Crippen LogP contribution is 2.37. The fourth-order valence-corrected chi connectivity index (χ4v) is 3.12. The molecule has 1 aromatic rings. The largest absolute Gasteiger partial charge is 0.497 e. The predicted octanol–water partition coefficient (Wildman–Crippen LogP) is 3.75. The van der Waals surface area contributed by atoms with Crippen LogP contribution in [0, 0.1) is 5.92 Å². The molecular weight excluding hydrogens is 359 g/mol. The first-order chi connectivity index (χ1) is 12.8. The molecule has 1 saturated carbocycles. The highest BCUT2D eigenvalue weighted by molar-refractivity contribution is 5.80. The number of benzene rings is 1. The van der Waals surface area contributed by atoms with Crippen LogP contribution in [0.3, 0.4) is 0 Å². The van der Waals surface area contributed by atoms with Crippen molar-refractivity contribution in [2.75, 3.05) is 20.7 Å². The maximum absolute atomic E-state index is 12.8. The van der Waals surface area contributed by atoms with Gasteiger partial charge in [-0.25, -0.2) is 0 Å². The number of nitrogens with zero attached hydrogens (tertiary/aromatic N) is 1. The molecule has 0 aliphatic heterocycles. The molecule has 0 bridgehead atoms. The summed E-state index contributed by atoms with van der Waals surface area (Å²) >= 11 is 0. The SMILES string of the molecule is CN=C(NCC(C)Oc1ccc(OC)cc1)NC1CCC(C(F)(F)F)CC1. The number of methoxy groups -OCH3 is 1. The van der Waals surface area contributed by atoms with E-state index < -0.39 is 12.1 Å². The third-order valence-corrected chi connectivity index (χ3v) is 4.71. The van der Waals surface area contributed by atoms with Crippen LogP contribution in [0.4, 0.5) is 13.2 Å². The lowest BCUT2D eigenvalue weighted by atomic mass is 9.85. The molecule has 1 aromatic carbocycles. The second-order valence-electron chi connectivity index (χ2n) is 6.79. The van der Waals surface area contributed by atoms with E-state index >= 15 is 0 Å². The summed E-state index contributed by atoms with van der Waals surface area (Å²) in [6, 6.07) is 7.33. The van der Waals surface area contributed by atoms with Gasteiger partial charge >= 0.3 is 6.18 Å². The van der Waals surface area contributed by atoms with Crippen LogP contribution in [0.15, 0.2) is 29.3 Å². The molecule has 1 atom stereocenters. The van der Waals surface area contributed by atoms with E-state index in [-0.39, 0.29) is 25.0 Å². The van der Waals surface area contributed by atoms with E-state index in [1.807, 2.05) is 31.2 Å². The lowest BCUT2D eigenvalue weighted by molar-refractivity contribution is -0.182. The third kappa shape index (κ3) is 6.84. The molecule has 0 radical (unpaired) electrons. The standard InChI is InChI=1S/C19H28F3N3O2/c1-13(27-17-10-8-16(26-3)9-11-17)12-24-18(23-2)25-15-6-4-14(5-7-15)19(20,21)22/h8-11,13-15H,4-7,12H2,1-3H3,(H2,23,24,25). The molecule has 8 heteroatoms. The summed E-state index contributed by atoms with van der Waals surface area (Å²) in [6.07, 6.45) is -2.90.